The summed E-state index contributed by atoms with van der Waals surface area (Å²) in [5, 5.41) is 4.75. The summed E-state index contributed by atoms with van der Waals surface area (Å²) in [6, 6.07) is 0. The maximum Gasteiger partial charge on any atom is 0.182 e. The average molecular weight is 254 g/mol. The van der Waals surface area contributed by atoms with Crippen LogP contribution in [0.15, 0.2) is 18.6 Å². The summed E-state index contributed by atoms with van der Waals surface area (Å²) < 4.78 is 1.51. The second-order valence-corrected chi connectivity index (χ2v) is 3.95. The highest BCUT2D eigenvalue weighted by molar-refractivity contribution is 7.80. The summed E-state index contributed by atoms with van der Waals surface area (Å²) in [7, 11) is 0. The smallest absolute Gasteiger partial charge is 0.182 e. The highest BCUT2D eigenvalue weighted by Gasteiger charge is 2.12. The van der Waals surface area contributed by atoms with E-state index in [1.165, 1.54) is 10.9 Å². The number of aryl methyl sites for hydroxylation is 1. The zero-order chi connectivity index (χ0) is 11.7. The largest absolute Gasteiger partial charge is 0.388 e. The molecule has 0 atom stereocenters. The lowest BCUT2D eigenvalue weighted by Gasteiger charge is -2.04. The van der Waals surface area contributed by atoms with E-state index in [9.17, 15) is 0 Å². The highest BCUT2D eigenvalue weighted by Crippen LogP contribution is 2.16. The molecule has 7 heteroatoms. The lowest BCUT2D eigenvalue weighted by Crippen LogP contribution is -2.16. The van der Waals surface area contributed by atoms with Crippen LogP contribution in [0.5, 0.6) is 0 Å². The quantitative estimate of drug-likeness (QED) is 0.816. The van der Waals surface area contributed by atoms with Crippen LogP contribution in [0.3, 0.4) is 0 Å². The van der Waals surface area contributed by atoms with Gasteiger partial charge in [0.05, 0.1) is 16.9 Å². The lowest BCUT2D eigenvalue weighted by molar-refractivity contribution is 0.821. The summed E-state index contributed by atoms with van der Waals surface area (Å²) in [4.78, 5) is 8.37. The fourth-order valence-corrected chi connectivity index (χ4v) is 1.49. The Morgan fingerprint density at radius 2 is 2.12 bits per heavy atom. The zero-order valence-corrected chi connectivity index (χ0v) is 9.96. The third-order valence-electron chi connectivity index (χ3n) is 1.97. The Balaban J connectivity index is 2.59. The van der Waals surface area contributed by atoms with Crippen molar-refractivity contribution >= 4 is 28.8 Å². The third-order valence-corrected chi connectivity index (χ3v) is 2.53. The summed E-state index contributed by atoms with van der Waals surface area (Å²) in [6.45, 7) is 1.80. The monoisotopic (exact) mass is 253 g/mol. The van der Waals surface area contributed by atoms with E-state index < -0.39 is 0 Å². The Morgan fingerprint density at radius 3 is 2.69 bits per heavy atom. The van der Waals surface area contributed by atoms with Crippen LogP contribution >= 0.6 is 23.8 Å². The molecule has 0 fully saturated rings. The van der Waals surface area contributed by atoms with E-state index in [-0.39, 0.29) is 4.99 Å². The van der Waals surface area contributed by atoms with E-state index in [1.807, 2.05) is 0 Å². The average Bonchev–Trinajstić information content (AvgIpc) is 2.59. The molecule has 0 aliphatic carbocycles. The number of nitrogens with two attached hydrogens (primary N) is 1. The first kappa shape index (κ1) is 11.0. The second-order valence-electron chi connectivity index (χ2n) is 3.10. The van der Waals surface area contributed by atoms with Gasteiger partial charge in [-0.2, -0.15) is 5.10 Å². The van der Waals surface area contributed by atoms with E-state index >= 15 is 0 Å². The van der Waals surface area contributed by atoms with Crippen molar-refractivity contribution in [2.45, 2.75) is 6.92 Å². The van der Waals surface area contributed by atoms with Gasteiger partial charge in [-0.1, -0.05) is 23.8 Å². The first-order chi connectivity index (χ1) is 7.59. The molecule has 2 aromatic heterocycles. The summed E-state index contributed by atoms with van der Waals surface area (Å²) in [5.41, 5.74) is 6.69. The molecule has 2 N–H and O–H groups in total. The third kappa shape index (κ3) is 1.89. The molecule has 0 unspecified atom stereocenters. The van der Waals surface area contributed by atoms with Crippen molar-refractivity contribution in [2.75, 3.05) is 0 Å². The van der Waals surface area contributed by atoms with Gasteiger partial charge in [-0.15, -0.1) is 0 Å². The van der Waals surface area contributed by atoms with Gasteiger partial charge in [0, 0.05) is 12.4 Å². The number of hydrogen-bond donors (Lipinski definition) is 1. The van der Waals surface area contributed by atoms with Crippen LogP contribution in [0.1, 0.15) is 11.4 Å². The molecule has 0 saturated carbocycles. The number of nitrogens with zero attached hydrogens (tertiary/aromatic N) is 4. The van der Waals surface area contributed by atoms with Gasteiger partial charge in [0.15, 0.2) is 5.82 Å². The first-order valence-electron chi connectivity index (χ1n) is 4.42. The Kier molecular flexibility index (Phi) is 2.84. The molecule has 0 bridgehead atoms. The van der Waals surface area contributed by atoms with Crippen LogP contribution in [0.25, 0.3) is 5.82 Å². The van der Waals surface area contributed by atoms with E-state index in [1.54, 1.807) is 19.3 Å². The van der Waals surface area contributed by atoms with E-state index in [2.05, 4.69) is 15.1 Å². The Bertz CT molecular complexity index is 531. The predicted octanol–water partition coefficient (Wildman–Crippen LogP) is 1.26. The number of rotatable bonds is 2. The minimum Gasteiger partial charge on any atom is -0.388 e. The highest BCUT2D eigenvalue weighted by atomic mass is 35.5. The van der Waals surface area contributed by atoms with E-state index in [0.717, 1.165) is 0 Å². The van der Waals surface area contributed by atoms with Gasteiger partial charge in [-0.25, -0.2) is 14.6 Å². The molecular weight excluding hydrogens is 246 g/mol. The molecule has 0 aliphatic rings. The number of halogens is 1. The molecule has 0 aromatic carbocycles. The maximum absolute atomic E-state index is 5.92. The second kappa shape index (κ2) is 4.15. The molecule has 2 heterocycles. The van der Waals surface area contributed by atoms with Crippen LogP contribution < -0.4 is 5.73 Å². The summed E-state index contributed by atoms with van der Waals surface area (Å²) in [5.74, 6) is 0.477. The SMILES string of the molecule is Cc1nn(-c2nccnc2C(N)=S)cc1Cl. The van der Waals surface area contributed by atoms with Gasteiger partial charge >= 0.3 is 0 Å². The van der Waals surface area contributed by atoms with E-state index in [4.69, 9.17) is 29.6 Å². The van der Waals surface area contributed by atoms with Gasteiger partial charge in [-0.3, -0.25) is 0 Å². The predicted molar refractivity (Wildman–Crippen MR) is 64.8 cm³/mol. The first-order valence-corrected chi connectivity index (χ1v) is 5.21. The molecule has 0 spiro atoms. The van der Waals surface area contributed by atoms with Crippen LogP contribution in [-0.2, 0) is 0 Å². The van der Waals surface area contributed by atoms with Crippen molar-refractivity contribution in [2.24, 2.45) is 5.73 Å². The molecule has 5 nitrogen and oxygen atoms in total. The van der Waals surface area contributed by atoms with Crippen LogP contribution in [0.2, 0.25) is 5.02 Å². The number of hydrogen-bond acceptors (Lipinski definition) is 4. The molecule has 0 saturated heterocycles. The van der Waals surface area contributed by atoms with Crippen molar-refractivity contribution in [1.82, 2.24) is 19.7 Å². The molecule has 0 aliphatic heterocycles. The molecular formula is C9H8ClN5S. The van der Waals surface area contributed by atoms with E-state index in [0.29, 0.717) is 22.2 Å². The normalized spacial score (nSPS) is 10.4. The minimum atomic E-state index is 0.173. The van der Waals surface area contributed by atoms with Crippen molar-refractivity contribution in [1.29, 1.82) is 0 Å². The standard InChI is InChI=1S/C9H8ClN5S/c1-5-6(10)4-15(14-5)9-7(8(11)16)12-2-3-13-9/h2-4H,1H3,(H2,11,16). The van der Waals surface area contributed by atoms with Crippen LogP contribution in [0.4, 0.5) is 0 Å². The van der Waals surface area contributed by atoms with Gasteiger partial charge in [0.25, 0.3) is 0 Å². The Hall–Kier alpha value is -1.53. The van der Waals surface area contributed by atoms with Crippen molar-refractivity contribution in [3.8, 4) is 5.82 Å². The lowest BCUT2D eigenvalue weighted by atomic mass is 10.4. The van der Waals surface area contributed by atoms with Gasteiger partial charge < -0.3 is 5.73 Å². The molecule has 2 aromatic rings. The molecule has 16 heavy (non-hydrogen) atoms. The van der Waals surface area contributed by atoms with Gasteiger partial charge in [0.1, 0.15) is 10.7 Å². The fraction of sp³-hybridized carbons (Fsp3) is 0.111. The van der Waals surface area contributed by atoms with Crippen LogP contribution in [0, 0.1) is 6.92 Å². The van der Waals surface area contributed by atoms with Crippen LogP contribution in [-0.4, -0.2) is 24.7 Å². The Labute approximate surface area is 102 Å². The van der Waals surface area contributed by atoms with Crippen molar-refractivity contribution in [3.05, 3.63) is 35.0 Å². The van der Waals surface area contributed by atoms with Gasteiger partial charge in [-0.05, 0) is 6.92 Å². The molecule has 2 rings (SSSR count). The maximum atomic E-state index is 5.92. The molecule has 82 valence electrons. The topological polar surface area (TPSA) is 69.6 Å². The fourth-order valence-electron chi connectivity index (χ4n) is 1.22. The zero-order valence-electron chi connectivity index (χ0n) is 8.38. The van der Waals surface area contributed by atoms with Crippen molar-refractivity contribution < 1.29 is 0 Å². The summed E-state index contributed by atoms with van der Waals surface area (Å²) >= 11 is 10.8. The van der Waals surface area contributed by atoms with Gasteiger partial charge in [0.2, 0.25) is 0 Å². The molecule has 0 amide bonds. The number of thiocarbonyl (C=S) groups is 1. The molecule has 0 radical (unpaired) electrons. The van der Waals surface area contributed by atoms with Crippen molar-refractivity contribution in [3.63, 3.8) is 0 Å². The minimum absolute atomic E-state index is 0.173. The Morgan fingerprint density at radius 1 is 1.44 bits per heavy atom. The number of aromatic nitrogens is 4. The summed E-state index contributed by atoms with van der Waals surface area (Å²) in [6.07, 6.45) is 4.71.